The lowest BCUT2D eigenvalue weighted by Crippen LogP contribution is -2.72. The van der Waals surface area contributed by atoms with Gasteiger partial charge in [-0.15, -0.1) is 0 Å². The second-order valence-corrected chi connectivity index (χ2v) is 6.84. The molecule has 0 aliphatic carbocycles. The maximum Gasteiger partial charge on any atom is 0.227 e. The first-order valence-corrected chi connectivity index (χ1v) is 8.35. The normalized spacial score (nSPS) is 23.5. The van der Waals surface area contributed by atoms with Crippen LogP contribution in [0.25, 0.3) is 0 Å². The van der Waals surface area contributed by atoms with Crippen molar-refractivity contribution in [3.05, 3.63) is 12.3 Å². The van der Waals surface area contributed by atoms with E-state index in [0.717, 1.165) is 77.1 Å². The molecule has 3 aliphatic rings. The van der Waals surface area contributed by atoms with Crippen LogP contribution < -0.4 is 9.80 Å². The third kappa shape index (κ3) is 2.90. The van der Waals surface area contributed by atoms with Crippen molar-refractivity contribution in [1.29, 1.82) is 0 Å². The minimum atomic E-state index is 0.404. The van der Waals surface area contributed by atoms with E-state index in [2.05, 4.69) is 19.7 Å². The standard InChI is InChI=1S/C16H23N5O2/c22-7-1-4-19-10-16(11-19)12-21(13-16)15-17-3-2-14(18-15)20-5-8-23-9-6-20/h2-3,7H,1,4-6,8-13H2. The zero-order valence-corrected chi connectivity index (χ0v) is 13.4. The zero-order valence-electron chi connectivity index (χ0n) is 13.4. The highest BCUT2D eigenvalue weighted by Gasteiger charge is 2.52. The summed E-state index contributed by atoms with van der Waals surface area (Å²) < 4.78 is 5.40. The molecule has 3 fully saturated rings. The van der Waals surface area contributed by atoms with E-state index < -0.39 is 0 Å². The number of nitrogens with zero attached hydrogens (tertiary/aromatic N) is 5. The van der Waals surface area contributed by atoms with E-state index >= 15 is 0 Å². The highest BCUT2D eigenvalue weighted by molar-refractivity contribution is 5.49. The van der Waals surface area contributed by atoms with E-state index in [-0.39, 0.29) is 0 Å². The molecule has 3 saturated heterocycles. The first-order valence-electron chi connectivity index (χ1n) is 8.35. The van der Waals surface area contributed by atoms with E-state index in [1.807, 2.05) is 12.3 Å². The Morgan fingerprint density at radius 3 is 2.70 bits per heavy atom. The molecule has 3 aliphatic heterocycles. The summed E-state index contributed by atoms with van der Waals surface area (Å²) in [5.41, 5.74) is 0.404. The summed E-state index contributed by atoms with van der Waals surface area (Å²) in [7, 11) is 0. The summed E-state index contributed by atoms with van der Waals surface area (Å²) in [5, 5.41) is 0. The Bertz CT molecular complexity index is 561. The predicted octanol–water partition coefficient (Wildman–Crippen LogP) is 0.0242. The molecule has 1 aromatic heterocycles. The second-order valence-electron chi connectivity index (χ2n) is 6.84. The van der Waals surface area contributed by atoms with Crippen molar-refractivity contribution < 1.29 is 9.53 Å². The fourth-order valence-corrected chi connectivity index (χ4v) is 3.86. The molecule has 4 rings (SSSR count). The molecular weight excluding hydrogens is 294 g/mol. The summed E-state index contributed by atoms with van der Waals surface area (Å²) in [6.07, 6.45) is 3.50. The van der Waals surface area contributed by atoms with Crippen LogP contribution in [-0.2, 0) is 9.53 Å². The Balaban J connectivity index is 1.33. The number of likely N-dealkylation sites (tertiary alicyclic amines) is 1. The number of hydrogen-bond acceptors (Lipinski definition) is 7. The van der Waals surface area contributed by atoms with Gasteiger partial charge in [0.25, 0.3) is 0 Å². The van der Waals surface area contributed by atoms with Crippen molar-refractivity contribution in [3.63, 3.8) is 0 Å². The van der Waals surface area contributed by atoms with Crippen molar-refractivity contribution in [1.82, 2.24) is 14.9 Å². The van der Waals surface area contributed by atoms with Gasteiger partial charge in [0.1, 0.15) is 12.1 Å². The number of anilines is 2. The van der Waals surface area contributed by atoms with Crippen molar-refractivity contribution in [2.24, 2.45) is 5.41 Å². The molecule has 0 N–H and O–H groups in total. The van der Waals surface area contributed by atoms with Gasteiger partial charge >= 0.3 is 0 Å². The second kappa shape index (κ2) is 6.05. The average Bonchev–Trinajstić information content (AvgIpc) is 2.53. The lowest BCUT2D eigenvalue weighted by atomic mass is 9.73. The maximum absolute atomic E-state index is 10.4. The van der Waals surface area contributed by atoms with Crippen LogP contribution in [0.4, 0.5) is 11.8 Å². The molecule has 0 bridgehead atoms. The molecule has 0 radical (unpaired) electrons. The highest BCUT2D eigenvalue weighted by Crippen LogP contribution is 2.40. The van der Waals surface area contributed by atoms with Crippen molar-refractivity contribution in [2.75, 3.05) is 68.8 Å². The summed E-state index contributed by atoms with van der Waals surface area (Å²) in [4.78, 5) is 26.5. The van der Waals surface area contributed by atoms with E-state index in [1.165, 1.54) is 0 Å². The summed E-state index contributed by atoms with van der Waals surface area (Å²) >= 11 is 0. The molecule has 4 heterocycles. The molecule has 0 saturated carbocycles. The molecule has 1 spiro atoms. The number of morpholine rings is 1. The predicted molar refractivity (Wildman–Crippen MR) is 86.8 cm³/mol. The van der Waals surface area contributed by atoms with E-state index in [1.54, 1.807) is 0 Å². The van der Waals surface area contributed by atoms with Gasteiger partial charge in [-0.1, -0.05) is 0 Å². The smallest absolute Gasteiger partial charge is 0.227 e. The molecule has 7 heteroatoms. The first-order chi connectivity index (χ1) is 11.3. The largest absolute Gasteiger partial charge is 0.378 e. The van der Waals surface area contributed by atoms with Crippen LogP contribution in [0.1, 0.15) is 6.42 Å². The minimum Gasteiger partial charge on any atom is -0.378 e. The monoisotopic (exact) mass is 317 g/mol. The first kappa shape index (κ1) is 14.8. The SMILES string of the molecule is O=CCCN1CC2(C1)CN(c1nccc(N3CCOCC3)n1)C2. The number of rotatable bonds is 5. The third-order valence-corrected chi connectivity index (χ3v) is 4.98. The zero-order chi connectivity index (χ0) is 15.7. The number of hydrogen-bond donors (Lipinski definition) is 0. The molecule has 23 heavy (non-hydrogen) atoms. The minimum absolute atomic E-state index is 0.404. The van der Waals surface area contributed by atoms with E-state index in [4.69, 9.17) is 9.72 Å². The van der Waals surface area contributed by atoms with Gasteiger partial charge in [-0.2, -0.15) is 4.98 Å². The summed E-state index contributed by atoms with van der Waals surface area (Å²) in [6, 6.07) is 1.98. The van der Waals surface area contributed by atoms with Crippen LogP contribution in [0.15, 0.2) is 12.3 Å². The molecule has 124 valence electrons. The summed E-state index contributed by atoms with van der Waals surface area (Å²) in [5.74, 6) is 1.84. The molecule has 7 nitrogen and oxygen atoms in total. The number of carbonyl (C=O) groups excluding carboxylic acids is 1. The average molecular weight is 317 g/mol. The van der Waals surface area contributed by atoms with Gasteiger partial charge in [0.05, 0.1) is 13.2 Å². The Morgan fingerprint density at radius 1 is 1.17 bits per heavy atom. The van der Waals surface area contributed by atoms with Crippen molar-refractivity contribution in [2.45, 2.75) is 6.42 Å². The number of ether oxygens (including phenoxy) is 1. The van der Waals surface area contributed by atoms with Gasteiger partial charge < -0.3 is 24.2 Å². The van der Waals surface area contributed by atoms with E-state index in [0.29, 0.717) is 11.8 Å². The maximum atomic E-state index is 10.4. The van der Waals surface area contributed by atoms with Crippen molar-refractivity contribution >= 4 is 18.1 Å². The van der Waals surface area contributed by atoms with Crippen LogP contribution in [0, 0.1) is 5.41 Å². The number of carbonyl (C=O) groups is 1. The number of aromatic nitrogens is 2. The third-order valence-electron chi connectivity index (χ3n) is 4.98. The van der Waals surface area contributed by atoms with Gasteiger partial charge in [0.15, 0.2) is 0 Å². The van der Waals surface area contributed by atoms with Gasteiger partial charge in [0, 0.05) is 63.8 Å². The van der Waals surface area contributed by atoms with Gasteiger partial charge in [-0.05, 0) is 6.07 Å². The van der Waals surface area contributed by atoms with Gasteiger partial charge in [0.2, 0.25) is 5.95 Å². The lowest BCUT2D eigenvalue weighted by molar-refractivity contribution is -0.109. The van der Waals surface area contributed by atoms with Crippen LogP contribution in [0.3, 0.4) is 0 Å². The summed E-state index contributed by atoms with van der Waals surface area (Å²) in [6.45, 7) is 8.47. The quantitative estimate of drug-likeness (QED) is 0.710. The van der Waals surface area contributed by atoms with Crippen LogP contribution >= 0.6 is 0 Å². The molecule has 1 aromatic rings. The van der Waals surface area contributed by atoms with E-state index in [9.17, 15) is 4.79 Å². The fraction of sp³-hybridized carbons (Fsp3) is 0.688. The Kier molecular flexibility index (Phi) is 3.90. The van der Waals surface area contributed by atoms with Crippen LogP contribution in [0.2, 0.25) is 0 Å². The molecule has 0 amide bonds. The molecule has 0 unspecified atom stereocenters. The van der Waals surface area contributed by atoms with Gasteiger partial charge in [-0.25, -0.2) is 4.98 Å². The fourth-order valence-electron chi connectivity index (χ4n) is 3.86. The van der Waals surface area contributed by atoms with Crippen LogP contribution in [-0.4, -0.2) is 80.2 Å². The molecular formula is C16H23N5O2. The Hall–Kier alpha value is -1.73. The lowest BCUT2D eigenvalue weighted by Gasteiger charge is -2.60. The topological polar surface area (TPSA) is 61.8 Å². The van der Waals surface area contributed by atoms with Crippen molar-refractivity contribution in [3.8, 4) is 0 Å². The Labute approximate surface area is 136 Å². The number of aldehydes is 1. The highest BCUT2D eigenvalue weighted by atomic mass is 16.5. The molecule has 0 aromatic carbocycles. The Morgan fingerprint density at radius 2 is 1.96 bits per heavy atom. The molecule has 0 atom stereocenters. The van der Waals surface area contributed by atoms with Gasteiger partial charge in [-0.3, -0.25) is 0 Å². The van der Waals surface area contributed by atoms with Crippen LogP contribution in [0.5, 0.6) is 0 Å².